The standard InChI is InChI=1S/C41H34N2O/c1-27-16-22-39-37(24-27)35-14-7-15-36(35)41(43-39)30-17-20-32(21-18-30)42-25-38-34-13-5-3-9-29(34)19-23-40(38)44-26-31-11-6-10-28-8-2-4-12-33(28)31/h2-14,16-25,35-36,41,43H,15,26H2,1H3/t35-,36+,41-/m1/s1. The molecule has 3 nitrogen and oxygen atoms in total. The number of aliphatic imine (C=N–C) groups is 1. The third-order valence-corrected chi connectivity index (χ3v) is 9.31. The van der Waals surface area contributed by atoms with Crippen molar-refractivity contribution in [1.82, 2.24) is 0 Å². The first-order valence-electron chi connectivity index (χ1n) is 15.5. The molecule has 0 saturated carbocycles. The van der Waals surface area contributed by atoms with Crippen molar-refractivity contribution >= 4 is 39.1 Å². The van der Waals surface area contributed by atoms with E-state index in [9.17, 15) is 0 Å². The molecular weight excluding hydrogens is 536 g/mol. The summed E-state index contributed by atoms with van der Waals surface area (Å²) in [6, 6.07) is 43.3. The number of hydrogen-bond donors (Lipinski definition) is 1. The first kappa shape index (κ1) is 26.5. The van der Waals surface area contributed by atoms with E-state index in [1.807, 2.05) is 6.21 Å². The summed E-state index contributed by atoms with van der Waals surface area (Å²) < 4.78 is 6.50. The van der Waals surface area contributed by atoms with E-state index < -0.39 is 0 Å². The topological polar surface area (TPSA) is 33.6 Å². The molecule has 0 fully saturated rings. The third kappa shape index (κ3) is 4.85. The van der Waals surface area contributed by atoms with E-state index in [0.29, 0.717) is 18.4 Å². The van der Waals surface area contributed by atoms with Crippen LogP contribution in [0.15, 0.2) is 138 Å². The Bertz CT molecular complexity index is 2050. The van der Waals surface area contributed by atoms with Crippen molar-refractivity contribution in [2.24, 2.45) is 10.9 Å². The van der Waals surface area contributed by atoms with Crippen LogP contribution in [0, 0.1) is 12.8 Å². The molecule has 0 radical (unpaired) electrons. The van der Waals surface area contributed by atoms with E-state index in [1.54, 1.807) is 0 Å². The molecule has 0 bridgehead atoms. The quantitative estimate of drug-likeness (QED) is 0.160. The summed E-state index contributed by atoms with van der Waals surface area (Å²) in [4.78, 5) is 4.95. The van der Waals surface area contributed by atoms with Crippen LogP contribution >= 0.6 is 0 Å². The van der Waals surface area contributed by atoms with Gasteiger partial charge in [-0.15, -0.1) is 0 Å². The van der Waals surface area contributed by atoms with Crippen LogP contribution in [-0.4, -0.2) is 6.21 Å². The number of anilines is 1. The first-order chi connectivity index (χ1) is 21.7. The number of nitrogens with one attached hydrogen (secondary N) is 1. The molecule has 214 valence electrons. The summed E-state index contributed by atoms with van der Waals surface area (Å²) in [6.45, 7) is 2.67. The minimum atomic E-state index is 0.273. The number of ether oxygens (including phenoxy) is 1. The monoisotopic (exact) mass is 570 g/mol. The van der Waals surface area contributed by atoms with Crippen LogP contribution in [0.1, 0.15) is 46.2 Å². The highest BCUT2D eigenvalue weighted by Gasteiger charge is 2.37. The third-order valence-electron chi connectivity index (χ3n) is 9.31. The Morgan fingerprint density at radius 1 is 0.795 bits per heavy atom. The number of nitrogens with zero attached hydrogens (tertiary/aromatic N) is 1. The molecule has 0 saturated heterocycles. The SMILES string of the molecule is Cc1ccc2c(c1)[C@@H]1C=CC[C@@H]1[C@@H](c1ccc(N=Cc3c(OCc4cccc5ccccc45)ccc4ccccc34)cc1)N2. The van der Waals surface area contributed by atoms with E-state index in [1.165, 1.54) is 44.1 Å². The Kier molecular flexibility index (Phi) is 6.72. The summed E-state index contributed by atoms with van der Waals surface area (Å²) in [5.41, 5.74) is 8.39. The maximum Gasteiger partial charge on any atom is 0.129 e. The zero-order valence-electron chi connectivity index (χ0n) is 24.8. The number of aryl methyl sites for hydroxylation is 1. The van der Waals surface area contributed by atoms with Crippen LogP contribution in [0.5, 0.6) is 5.75 Å². The fourth-order valence-corrected chi connectivity index (χ4v) is 7.06. The molecule has 3 atom stereocenters. The fourth-order valence-electron chi connectivity index (χ4n) is 7.06. The molecule has 0 unspecified atom stereocenters. The van der Waals surface area contributed by atoms with Crippen molar-refractivity contribution in [1.29, 1.82) is 0 Å². The summed E-state index contributed by atoms with van der Waals surface area (Å²) in [7, 11) is 0. The van der Waals surface area contributed by atoms with Crippen LogP contribution in [0.25, 0.3) is 21.5 Å². The lowest BCUT2D eigenvalue weighted by Gasteiger charge is -2.37. The highest BCUT2D eigenvalue weighted by atomic mass is 16.5. The molecule has 44 heavy (non-hydrogen) atoms. The van der Waals surface area contributed by atoms with Gasteiger partial charge in [0.1, 0.15) is 12.4 Å². The molecule has 3 heteroatoms. The molecular formula is C41H34N2O. The van der Waals surface area contributed by atoms with Crippen LogP contribution in [0.4, 0.5) is 11.4 Å². The Balaban J connectivity index is 1.07. The molecule has 1 aliphatic carbocycles. The zero-order chi connectivity index (χ0) is 29.5. The van der Waals surface area contributed by atoms with Gasteiger partial charge in [0.15, 0.2) is 0 Å². The Morgan fingerprint density at radius 2 is 1.57 bits per heavy atom. The van der Waals surface area contributed by atoms with Crippen molar-refractivity contribution in [2.75, 3.05) is 5.32 Å². The first-order valence-corrected chi connectivity index (χ1v) is 15.5. The minimum absolute atomic E-state index is 0.273. The van der Waals surface area contributed by atoms with E-state index in [2.05, 4.69) is 146 Å². The molecule has 1 N–H and O–H groups in total. The van der Waals surface area contributed by atoms with Crippen molar-refractivity contribution in [2.45, 2.75) is 31.9 Å². The Hall–Kier alpha value is -5.15. The average molecular weight is 571 g/mol. The second-order valence-electron chi connectivity index (χ2n) is 12.0. The van der Waals surface area contributed by atoms with Crippen LogP contribution in [-0.2, 0) is 6.61 Å². The second kappa shape index (κ2) is 11.2. The highest BCUT2D eigenvalue weighted by molar-refractivity contribution is 6.03. The summed E-state index contributed by atoms with van der Waals surface area (Å²) in [5.74, 6) is 1.82. The minimum Gasteiger partial charge on any atom is -0.488 e. The molecule has 6 aromatic rings. The molecule has 0 aromatic heterocycles. The van der Waals surface area contributed by atoms with Gasteiger partial charge in [-0.25, -0.2) is 0 Å². The number of benzene rings is 6. The van der Waals surface area contributed by atoms with Crippen molar-refractivity contribution < 1.29 is 4.74 Å². The maximum absolute atomic E-state index is 6.50. The van der Waals surface area contributed by atoms with E-state index in [0.717, 1.165) is 28.8 Å². The van der Waals surface area contributed by atoms with Crippen LogP contribution in [0.2, 0.25) is 0 Å². The second-order valence-corrected chi connectivity index (χ2v) is 12.0. The summed E-state index contributed by atoms with van der Waals surface area (Å²) in [5, 5.41) is 8.60. The van der Waals surface area contributed by atoms with Gasteiger partial charge >= 0.3 is 0 Å². The molecule has 1 aliphatic heterocycles. The lowest BCUT2D eigenvalue weighted by molar-refractivity contribution is 0.307. The zero-order valence-corrected chi connectivity index (χ0v) is 24.8. The lowest BCUT2D eigenvalue weighted by Crippen LogP contribution is -2.29. The highest BCUT2D eigenvalue weighted by Crippen LogP contribution is 2.50. The molecule has 1 heterocycles. The average Bonchev–Trinajstić information content (AvgIpc) is 3.57. The van der Waals surface area contributed by atoms with Gasteiger partial charge in [-0.1, -0.05) is 115 Å². The van der Waals surface area contributed by atoms with Crippen molar-refractivity contribution in [3.8, 4) is 5.75 Å². The molecule has 0 amide bonds. The van der Waals surface area contributed by atoms with Gasteiger partial charge in [-0.3, -0.25) is 4.99 Å². The largest absolute Gasteiger partial charge is 0.488 e. The van der Waals surface area contributed by atoms with Crippen LogP contribution < -0.4 is 10.1 Å². The van der Waals surface area contributed by atoms with E-state index in [-0.39, 0.29) is 6.04 Å². The van der Waals surface area contributed by atoms with Gasteiger partial charge in [0.25, 0.3) is 0 Å². The summed E-state index contributed by atoms with van der Waals surface area (Å²) >= 11 is 0. The molecule has 2 aliphatic rings. The van der Waals surface area contributed by atoms with E-state index in [4.69, 9.17) is 9.73 Å². The lowest BCUT2D eigenvalue weighted by atomic mass is 9.76. The van der Waals surface area contributed by atoms with Crippen LogP contribution in [0.3, 0.4) is 0 Å². The predicted octanol–water partition coefficient (Wildman–Crippen LogP) is 10.5. The smallest absolute Gasteiger partial charge is 0.129 e. The molecule has 0 spiro atoms. The van der Waals surface area contributed by atoms with Gasteiger partial charge in [0.05, 0.1) is 11.7 Å². The van der Waals surface area contributed by atoms with Crippen molar-refractivity contribution in [3.63, 3.8) is 0 Å². The predicted molar refractivity (Wildman–Crippen MR) is 183 cm³/mol. The number of fused-ring (bicyclic) bond motifs is 5. The van der Waals surface area contributed by atoms with Gasteiger partial charge in [-0.05, 0) is 81.8 Å². The number of allylic oxidation sites excluding steroid dienone is 2. The van der Waals surface area contributed by atoms with Gasteiger partial charge in [0.2, 0.25) is 0 Å². The summed E-state index contributed by atoms with van der Waals surface area (Å²) in [6.07, 6.45) is 7.81. The Labute approximate surface area is 258 Å². The maximum atomic E-state index is 6.50. The number of hydrogen-bond acceptors (Lipinski definition) is 3. The molecule has 6 aromatic carbocycles. The van der Waals surface area contributed by atoms with Gasteiger partial charge in [-0.2, -0.15) is 0 Å². The fraction of sp³-hybridized carbons (Fsp3) is 0.146. The molecule has 8 rings (SSSR count). The van der Waals surface area contributed by atoms with Crippen molar-refractivity contribution in [3.05, 3.63) is 161 Å². The number of rotatable bonds is 6. The Morgan fingerprint density at radius 3 is 2.43 bits per heavy atom. The van der Waals surface area contributed by atoms with E-state index >= 15 is 0 Å². The normalized spacial score (nSPS) is 18.8. The van der Waals surface area contributed by atoms with Gasteiger partial charge < -0.3 is 10.1 Å². The van der Waals surface area contributed by atoms with Gasteiger partial charge in [0, 0.05) is 23.4 Å².